The van der Waals surface area contributed by atoms with Crippen LogP contribution in [0, 0.1) is 11.3 Å². The van der Waals surface area contributed by atoms with Crippen LogP contribution < -0.4 is 5.32 Å². The lowest BCUT2D eigenvalue weighted by Crippen LogP contribution is -2.31. The standard InChI is InChI=1S/C14H18N2O/c1-2-10(8-9-15)16-13-7-6-12-11(13)4-3-5-14(12)17/h3-5,10,13,16-17H,2,6-8H2,1H3. The first-order valence-electron chi connectivity index (χ1n) is 6.20. The molecular weight excluding hydrogens is 212 g/mol. The molecule has 1 aliphatic rings. The SMILES string of the molecule is CCC(CC#N)NC1CCc2c(O)cccc21. The smallest absolute Gasteiger partial charge is 0.119 e. The van der Waals surface area contributed by atoms with Gasteiger partial charge in [-0.15, -0.1) is 0 Å². The normalized spacial score (nSPS) is 19.6. The summed E-state index contributed by atoms with van der Waals surface area (Å²) in [7, 11) is 0. The number of fused-ring (bicyclic) bond motifs is 1. The Balaban J connectivity index is 2.12. The first-order chi connectivity index (χ1) is 8.26. The highest BCUT2D eigenvalue weighted by Crippen LogP contribution is 2.36. The number of nitriles is 1. The summed E-state index contributed by atoms with van der Waals surface area (Å²) < 4.78 is 0. The van der Waals surface area contributed by atoms with Gasteiger partial charge in [0.1, 0.15) is 5.75 Å². The number of phenols is 1. The van der Waals surface area contributed by atoms with Crippen LogP contribution in [-0.4, -0.2) is 11.1 Å². The minimum absolute atomic E-state index is 0.248. The molecule has 0 saturated carbocycles. The second kappa shape index (κ2) is 5.20. The number of benzene rings is 1. The molecule has 2 N–H and O–H groups in total. The fourth-order valence-electron chi connectivity index (χ4n) is 2.52. The molecule has 0 saturated heterocycles. The first-order valence-corrected chi connectivity index (χ1v) is 6.20. The molecule has 2 unspecified atom stereocenters. The van der Waals surface area contributed by atoms with Crippen LogP contribution in [0.25, 0.3) is 0 Å². The van der Waals surface area contributed by atoms with Crippen LogP contribution >= 0.6 is 0 Å². The zero-order chi connectivity index (χ0) is 12.3. The van der Waals surface area contributed by atoms with Crippen LogP contribution in [0.4, 0.5) is 0 Å². The Morgan fingerprint density at radius 2 is 2.41 bits per heavy atom. The van der Waals surface area contributed by atoms with E-state index in [1.54, 1.807) is 6.07 Å². The third-order valence-corrected chi connectivity index (χ3v) is 3.51. The van der Waals surface area contributed by atoms with Gasteiger partial charge in [0.15, 0.2) is 0 Å². The van der Waals surface area contributed by atoms with Crippen molar-refractivity contribution in [1.29, 1.82) is 5.26 Å². The van der Waals surface area contributed by atoms with Gasteiger partial charge in [0.2, 0.25) is 0 Å². The molecule has 17 heavy (non-hydrogen) atoms. The van der Waals surface area contributed by atoms with Crippen LogP contribution in [0.15, 0.2) is 18.2 Å². The lowest BCUT2D eigenvalue weighted by molar-refractivity contribution is 0.426. The maximum absolute atomic E-state index is 9.76. The second-order valence-corrected chi connectivity index (χ2v) is 4.57. The van der Waals surface area contributed by atoms with E-state index in [2.05, 4.69) is 24.4 Å². The van der Waals surface area contributed by atoms with E-state index in [9.17, 15) is 5.11 Å². The van der Waals surface area contributed by atoms with Crippen LogP contribution in [0.1, 0.15) is 43.4 Å². The number of aromatic hydroxyl groups is 1. The molecule has 0 aliphatic heterocycles. The minimum Gasteiger partial charge on any atom is -0.508 e. The molecule has 0 fully saturated rings. The minimum atomic E-state index is 0.248. The molecule has 2 rings (SSSR count). The predicted octanol–water partition coefficient (Wildman–Crippen LogP) is 2.66. The number of hydrogen-bond donors (Lipinski definition) is 2. The molecule has 2 atom stereocenters. The molecule has 0 radical (unpaired) electrons. The Hall–Kier alpha value is -1.53. The van der Waals surface area contributed by atoms with Crippen molar-refractivity contribution in [3.63, 3.8) is 0 Å². The molecular formula is C14H18N2O. The first kappa shape index (κ1) is 11.9. The highest BCUT2D eigenvalue weighted by molar-refractivity contribution is 5.44. The Kier molecular flexibility index (Phi) is 3.65. The molecule has 0 amide bonds. The average Bonchev–Trinajstić information content (AvgIpc) is 2.73. The molecule has 90 valence electrons. The van der Waals surface area contributed by atoms with E-state index in [0.29, 0.717) is 12.2 Å². The predicted molar refractivity (Wildman–Crippen MR) is 66.6 cm³/mol. The third-order valence-electron chi connectivity index (χ3n) is 3.51. The van der Waals surface area contributed by atoms with Crippen molar-refractivity contribution in [2.24, 2.45) is 0 Å². The van der Waals surface area contributed by atoms with E-state index in [0.717, 1.165) is 24.8 Å². The highest BCUT2D eigenvalue weighted by Gasteiger charge is 2.25. The summed E-state index contributed by atoms with van der Waals surface area (Å²) in [6.45, 7) is 2.09. The number of nitrogens with one attached hydrogen (secondary N) is 1. The van der Waals surface area contributed by atoms with E-state index in [-0.39, 0.29) is 12.1 Å². The number of rotatable bonds is 4. The van der Waals surface area contributed by atoms with Crippen molar-refractivity contribution in [3.05, 3.63) is 29.3 Å². The molecule has 0 spiro atoms. The van der Waals surface area contributed by atoms with E-state index >= 15 is 0 Å². The summed E-state index contributed by atoms with van der Waals surface area (Å²) in [5.41, 5.74) is 2.26. The number of hydrogen-bond acceptors (Lipinski definition) is 3. The van der Waals surface area contributed by atoms with Crippen molar-refractivity contribution in [2.75, 3.05) is 0 Å². The zero-order valence-corrected chi connectivity index (χ0v) is 10.1. The van der Waals surface area contributed by atoms with Crippen molar-refractivity contribution < 1.29 is 5.11 Å². The molecule has 0 aromatic heterocycles. The molecule has 3 nitrogen and oxygen atoms in total. The highest BCUT2D eigenvalue weighted by atomic mass is 16.3. The van der Waals surface area contributed by atoms with Gasteiger partial charge in [0.25, 0.3) is 0 Å². The van der Waals surface area contributed by atoms with E-state index in [1.807, 2.05) is 6.07 Å². The van der Waals surface area contributed by atoms with E-state index in [1.165, 1.54) is 5.56 Å². The lowest BCUT2D eigenvalue weighted by Gasteiger charge is -2.20. The fraction of sp³-hybridized carbons (Fsp3) is 0.500. The van der Waals surface area contributed by atoms with Gasteiger partial charge >= 0.3 is 0 Å². The van der Waals surface area contributed by atoms with E-state index in [4.69, 9.17) is 5.26 Å². The summed E-state index contributed by atoms with van der Waals surface area (Å²) >= 11 is 0. The molecule has 0 bridgehead atoms. The largest absolute Gasteiger partial charge is 0.508 e. The Labute approximate surface area is 102 Å². The summed E-state index contributed by atoms with van der Waals surface area (Å²) in [5, 5.41) is 22.0. The Morgan fingerprint density at radius 3 is 3.12 bits per heavy atom. The van der Waals surface area contributed by atoms with Crippen LogP contribution in [0.3, 0.4) is 0 Å². The zero-order valence-electron chi connectivity index (χ0n) is 10.1. The van der Waals surface area contributed by atoms with Gasteiger partial charge in [-0.2, -0.15) is 5.26 Å². The fourth-order valence-corrected chi connectivity index (χ4v) is 2.52. The molecule has 1 aromatic carbocycles. The van der Waals surface area contributed by atoms with Gasteiger partial charge in [-0.1, -0.05) is 19.1 Å². The Morgan fingerprint density at radius 1 is 1.59 bits per heavy atom. The maximum atomic E-state index is 9.76. The lowest BCUT2D eigenvalue weighted by atomic mass is 10.1. The van der Waals surface area contributed by atoms with Crippen molar-refractivity contribution in [3.8, 4) is 11.8 Å². The van der Waals surface area contributed by atoms with Gasteiger partial charge in [-0.25, -0.2) is 0 Å². The molecule has 1 aliphatic carbocycles. The van der Waals surface area contributed by atoms with Gasteiger partial charge in [-0.3, -0.25) is 0 Å². The summed E-state index contributed by atoms with van der Waals surface area (Å²) in [4.78, 5) is 0. The maximum Gasteiger partial charge on any atom is 0.119 e. The Bertz CT molecular complexity index is 436. The van der Waals surface area contributed by atoms with Gasteiger partial charge in [-0.05, 0) is 36.5 Å². The summed E-state index contributed by atoms with van der Waals surface area (Å²) in [5.74, 6) is 0.403. The molecule has 3 heteroatoms. The molecule has 0 heterocycles. The van der Waals surface area contributed by atoms with Crippen molar-refractivity contribution in [2.45, 2.75) is 44.7 Å². The average molecular weight is 230 g/mol. The summed E-state index contributed by atoms with van der Waals surface area (Å²) in [6.07, 6.45) is 3.43. The monoisotopic (exact) mass is 230 g/mol. The molecule has 1 aromatic rings. The van der Waals surface area contributed by atoms with Crippen molar-refractivity contribution in [1.82, 2.24) is 5.32 Å². The quantitative estimate of drug-likeness (QED) is 0.836. The van der Waals surface area contributed by atoms with Crippen LogP contribution in [0.2, 0.25) is 0 Å². The van der Waals surface area contributed by atoms with Crippen LogP contribution in [0.5, 0.6) is 5.75 Å². The number of nitrogens with zero attached hydrogens (tertiary/aromatic N) is 1. The van der Waals surface area contributed by atoms with E-state index < -0.39 is 0 Å². The topological polar surface area (TPSA) is 56.0 Å². The van der Waals surface area contributed by atoms with Gasteiger partial charge in [0.05, 0.1) is 12.5 Å². The van der Waals surface area contributed by atoms with Gasteiger partial charge in [0, 0.05) is 12.1 Å². The van der Waals surface area contributed by atoms with Crippen LogP contribution in [-0.2, 0) is 6.42 Å². The number of phenolic OH excluding ortho intramolecular Hbond substituents is 1. The van der Waals surface area contributed by atoms with Crippen molar-refractivity contribution >= 4 is 0 Å². The third kappa shape index (κ3) is 2.42. The summed E-state index contributed by atoms with van der Waals surface area (Å²) in [6, 6.07) is 8.45. The second-order valence-electron chi connectivity index (χ2n) is 4.57. The van der Waals surface area contributed by atoms with Gasteiger partial charge < -0.3 is 10.4 Å².